The summed E-state index contributed by atoms with van der Waals surface area (Å²) in [6.07, 6.45) is 4.40. The van der Waals surface area contributed by atoms with Gasteiger partial charge in [-0.15, -0.1) is 0 Å². The topological polar surface area (TPSA) is 87.2 Å². The second kappa shape index (κ2) is 10.2. The maximum atomic E-state index is 14.6. The van der Waals surface area contributed by atoms with E-state index in [0.717, 1.165) is 30.5 Å². The highest BCUT2D eigenvalue weighted by Gasteiger charge is 2.36. The Bertz CT molecular complexity index is 1090. The van der Waals surface area contributed by atoms with Crippen LogP contribution in [-0.4, -0.2) is 50.5 Å². The van der Waals surface area contributed by atoms with Gasteiger partial charge >= 0.3 is 0 Å². The number of ether oxygens (including phenoxy) is 1. The molecule has 7 nitrogen and oxygen atoms in total. The van der Waals surface area contributed by atoms with Gasteiger partial charge in [0.1, 0.15) is 29.9 Å². The largest absolute Gasteiger partial charge is 0.382 e. The molecule has 1 aliphatic heterocycles. The van der Waals surface area contributed by atoms with Crippen LogP contribution in [0.5, 0.6) is 0 Å². The number of benzene rings is 2. The van der Waals surface area contributed by atoms with Crippen LogP contribution < -0.4 is 0 Å². The van der Waals surface area contributed by atoms with E-state index in [1.165, 1.54) is 23.4 Å². The molecule has 1 N–H and O–H groups in total. The third kappa shape index (κ3) is 5.79. The summed E-state index contributed by atoms with van der Waals surface area (Å²) in [5.41, 5.74) is 0.0359. The van der Waals surface area contributed by atoms with Crippen LogP contribution in [0.3, 0.4) is 0 Å². The van der Waals surface area contributed by atoms with Crippen molar-refractivity contribution in [1.82, 2.24) is 19.7 Å². The van der Waals surface area contributed by atoms with Gasteiger partial charge in [0.25, 0.3) is 0 Å². The molecule has 0 radical (unpaired) electrons. The van der Waals surface area contributed by atoms with E-state index in [9.17, 15) is 13.9 Å². The lowest BCUT2D eigenvalue weighted by atomic mass is 9.91. The third-order valence-electron chi connectivity index (χ3n) is 5.91. The second-order valence-electron chi connectivity index (χ2n) is 8.34. The first kappa shape index (κ1) is 23.0. The number of likely N-dealkylation sites (tertiary alicyclic amines) is 1. The summed E-state index contributed by atoms with van der Waals surface area (Å²) in [6.45, 7) is 1.96. The molecule has 3 aromatic rings. The number of β-amino-alcohol motifs (C(OH)–C–C–N with tert-alkyl or cyclic N) is 1. The van der Waals surface area contributed by atoms with Crippen LogP contribution in [0.15, 0.2) is 55.1 Å². The van der Waals surface area contributed by atoms with Crippen LogP contribution in [0.1, 0.15) is 29.5 Å². The first-order valence-corrected chi connectivity index (χ1v) is 10.8. The summed E-state index contributed by atoms with van der Waals surface area (Å²) in [5, 5.41) is 24.4. The van der Waals surface area contributed by atoms with Gasteiger partial charge < -0.3 is 9.84 Å². The lowest BCUT2D eigenvalue weighted by molar-refractivity contribution is -0.0489. The number of aromatic nitrogens is 3. The minimum Gasteiger partial charge on any atom is -0.382 e. The molecule has 33 heavy (non-hydrogen) atoms. The molecule has 1 atom stereocenters. The average Bonchev–Trinajstić information content (AvgIpc) is 3.31. The Morgan fingerprint density at radius 3 is 2.52 bits per heavy atom. The zero-order valence-electron chi connectivity index (χ0n) is 18.1. The first-order valence-electron chi connectivity index (χ1n) is 10.8. The minimum absolute atomic E-state index is 0.00925. The van der Waals surface area contributed by atoms with Crippen LogP contribution in [0.25, 0.3) is 0 Å². The summed E-state index contributed by atoms with van der Waals surface area (Å²) in [7, 11) is 0. The molecule has 1 unspecified atom stereocenters. The number of halogens is 2. The van der Waals surface area contributed by atoms with E-state index in [4.69, 9.17) is 10.00 Å². The molecule has 0 bridgehead atoms. The summed E-state index contributed by atoms with van der Waals surface area (Å²) in [6, 6.07) is 12.6. The average molecular weight is 453 g/mol. The van der Waals surface area contributed by atoms with Gasteiger partial charge in [-0.2, -0.15) is 10.4 Å². The SMILES string of the molecule is N#Cc1ccc(COC2CCN(CC(O)(Cn3cncn3)c3ccc(F)cc3F)CC2)cc1. The van der Waals surface area contributed by atoms with Crippen molar-refractivity contribution >= 4 is 0 Å². The molecule has 0 saturated carbocycles. The smallest absolute Gasteiger partial charge is 0.137 e. The Morgan fingerprint density at radius 2 is 1.88 bits per heavy atom. The van der Waals surface area contributed by atoms with Crippen molar-refractivity contribution in [2.45, 2.75) is 37.7 Å². The highest BCUT2D eigenvalue weighted by Crippen LogP contribution is 2.29. The molecule has 1 saturated heterocycles. The van der Waals surface area contributed by atoms with E-state index in [1.54, 1.807) is 12.1 Å². The Labute approximate surface area is 190 Å². The maximum absolute atomic E-state index is 14.6. The third-order valence-corrected chi connectivity index (χ3v) is 5.91. The number of aliphatic hydroxyl groups is 1. The highest BCUT2D eigenvalue weighted by atomic mass is 19.1. The molecule has 0 spiro atoms. The Hall–Kier alpha value is -3.19. The highest BCUT2D eigenvalue weighted by molar-refractivity contribution is 5.31. The number of rotatable bonds is 8. The zero-order chi connectivity index (χ0) is 23.3. The predicted octanol–water partition coefficient (Wildman–Crippen LogP) is 3.00. The minimum atomic E-state index is -1.61. The van der Waals surface area contributed by atoms with Crippen molar-refractivity contribution < 1.29 is 18.6 Å². The number of nitriles is 1. The van der Waals surface area contributed by atoms with Gasteiger partial charge in [-0.3, -0.25) is 4.90 Å². The fraction of sp³-hybridized carbons (Fsp3) is 0.375. The van der Waals surface area contributed by atoms with Crippen LogP contribution in [0, 0.1) is 23.0 Å². The molecule has 0 amide bonds. The summed E-state index contributed by atoms with van der Waals surface area (Å²) in [4.78, 5) is 5.95. The number of nitrogens with zero attached hydrogens (tertiary/aromatic N) is 5. The Kier molecular flexibility index (Phi) is 7.08. The van der Waals surface area contributed by atoms with E-state index in [1.807, 2.05) is 12.1 Å². The normalized spacial score (nSPS) is 16.9. The fourth-order valence-electron chi connectivity index (χ4n) is 4.16. The van der Waals surface area contributed by atoms with Crippen LogP contribution in [0.4, 0.5) is 8.78 Å². The van der Waals surface area contributed by atoms with E-state index in [0.29, 0.717) is 25.3 Å². The monoisotopic (exact) mass is 453 g/mol. The molecule has 1 aromatic heterocycles. The lowest BCUT2D eigenvalue weighted by Gasteiger charge is -2.38. The molecule has 1 fully saturated rings. The van der Waals surface area contributed by atoms with Gasteiger partial charge in [0.05, 0.1) is 30.9 Å². The van der Waals surface area contributed by atoms with Gasteiger partial charge in [-0.05, 0) is 36.6 Å². The number of hydrogen-bond donors (Lipinski definition) is 1. The van der Waals surface area contributed by atoms with E-state index >= 15 is 0 Å². The van der Waals surface area contributed by atoms with Gasteiger partial charge in [-0.1, -0.05) is 18.2 Å². The molecular formula is C24H25F2N5O2. The standard InChI is InChI=1S/C24H25F2N5O2/c25-20-5-6-22(23(26)11-20)24(32,15-31-17-28-16-29-31)14-30-9-7-21(8-10-30)33-13-19-3-1-18(12-27)2-4-19/h1-6,11,16-17,21,32H,7-10,13-15H2. The Balaban J connectivity index is 1.38. The molecule has 1 aliphatic rings. The zero-order valence-corrected chi connectivity index (χ0v) is 18.1. The van der Waals surface area contributed by atoms with Crippen molar-refractivity contribution in [2.75, 3.05) is 19.6 Å². The molecule has 2 heterocycles. The van der Waals surface area contributed by atoms with E-state index in [2.05, 4.69) is 21.1 Å². The summed E-state index contributed by atoms with van der Waals surface area (Å²) < 4.78 is 35.5. The molecule has 2 aromatic carbocycles. The van der Waals surface area contributed by atoms with Crippen molar-refractivity contribution in [3.63, 3.8) is 0 Å². The van der Waals surface area contributed by atoms with Crippen LogP contribution >= 0.6 is 0 Å². The number of piperidine rings is 1. The fourth-order valence-corrected chi connectivity index (χ4v) is 4.16. The van der Waals surface area contributed by atoms with E-state index in [-0.39, 0.29) is 24.8 Å². The molecular weight excluding hydrogens is 428 g/mol. The molecule has 0 aliphatic carbocycles. The van der Waals surface area contributed by atoms with Crippen LogP contribution in [0.2, 0.25) is 0 Å². The van der Waals surface area contributed by atoms with Gasteiger partial charge in [0.2, 0.25) is 0 Å². The maximum Gasteiger partial charge on any atom is 0.137 e. The first-order chi connectivity index (χ1) is 15.9. The summed E-state index contributed by atoms with van der Waals surface area (Å²) in [5.74, 6) is -1.49. The van der Waals surface area contributed by atoms with E-state index < -0.39 is 17.2 Å². The molecule has 4 rings (SSSR count). The Morgan fingerprint density at radius 1 is 1.12 bits per heavy atom. The quantitative estimate of drug-likeness (QED) is 0.564. The molecule has 9 heteroatoms. The van der Waals surface area contributed by atoms with Crippen molar-refractivity contribution in [1.29, 1.82) is 5.26 Å². The van der Waals surface area contributed by atoms with Crippen LogP contribution in [-0.2, 0) is 23.5 Å². The van der Waals surface area contributed by atoms with Gasteiger partial charge in [-0.25, -0.2) is 18.4 Å². The van der Waals surface area contributed by atoms with Gasteiger partial charge in [0, 0.05) is 31.3 Å². The van der Waals surface area contributed by atoms with Gasteiger partial charge in [0.15, 0.2) is 0 Å². The van der Waals surface area contributed by atoms with Crippen molar-refractivity contribution in [2.24, 2.45) is 0 Å². The predicted molar refractivity (Wildman–Crippen MR) is 116 cm³/mol. The van der Waals surface area contributed by atoms with Crippen molar-refractivity contribution in [3.8, 4) is 6.07 Å². The van der Waals surface area contributed by atoms with Crippen molar-refractivity contribution in [3.05, 3.63) is 83.4 Å². The molecule has 172 valence electrons. The second-order valence-corrected chi connectivity index (χ2v) is 8.34. The number of hydrogen-bond acceptors (Lipinski definition) is 6. The summed E-state index contributed by atoms with van der Waals surface area (Å²) >= 11 is 0. The lowest BCUT2D eigenvalue weighted by Crippen LogP contribution is -2.48.